The highest BCUT2D eigenvalue weighted by Gasteiger charge is 2.26. The van der Waals surface area contributed by atoms with Crippen molar-refractivity contribution in [2.24, 2.45) is 0 Å². The van der Waals surface area contributed by atoms with Gasteiger partial charge in [-0.3, -0.25) is 4.68 Å². The number of rotatable bonds is 3. The average molecular weight is 359 g/mol. The minimum absolute atomic E-state index is 0.284. The van der Waals surface area contributed by atoms with Gasteiger partial charge >= 0.3 is 0 Å². The number of hydrogen-bond donors (Lipinski definition) is 0. The van der Waals surface area contributed by atoms with Crippen molar-refractivity contribution in [1.82, 2.24) is 9.78 Å². The third-order valence-corrected chi connectivity index (χ3v) is 5.12. The largest absolute Gasteiger partial charge is 0.260 e. The van der Waals surface area contributed by atoms with E-state index in [9.17, 15) is 8.78 Å². The van der Waals surface area contributed by atoms with E-state index in [4.69, 9.17) is 16.7 Å². The van der Waals surface area contributed by atoms with E-state index in [1.165, 1.54) is 24.3 Å². The Morgan fingerprint density at radius 1 is 0.840 bits per heavy atom. The Kier molecular flexibility index (Phi) is 4.30. The van der Waals surface area contributed by atoms with Gasteiger partial charge in [-0.05, 0) is 61.4 Å². The summed E-state index contributed by atoms with van der Waals surface area (Å²) >= 11 is 6.69. The first-order valence-electron chi connectivity index (χ1n) is 8.43. The van der Waals surface area contributed by atoms with Gasteiger partial charge in [-0.2, -0.15) is 5.10 Å². The van der Waals surface area contributed by atoms with Gasteiger partial charge in [0.05, 0.1) is 16.8 Å². The molecule has 0 amide bonds. The molecule has 1 heterocycles. The van der Waals surface area contributed by atoms with Crippen LogP contribution in [0.5, 0.6) is 0 Å². The second kappa shape index (κ2) is 6.60. The van der Waals surface area contributed by atoms with Crippen molar-refractivity contribution < 1.29 is 8.78 Å². The summed E-state index contributed by atoms with van der Waals surface area (Å²) in [6.07, 6.45) is 4.43. The van der Waals surface area contributed by atoms with Gasteiger partial charge in [-0.15, -0.1) is 0 Å². The number of hydrogen-bond acceptors (Lipinski definition) is 1. The van der Waals surface area contributed by atoms with Gasteiger partial charge in [0.15, 0.2) is 0 Å². The second-order valence-electron chi connectivity index (χ2n) is 6.41. The summed E-state index contributed by atoms with van der Waals surface area (Å²) in [6, 6.07) is 12.7. The van der Waals surface area contributed by atoms with E-state index in [1.54, 1.807) is 24.3 Å². The molecular formula is C20H17ClF2N2. The van der Waals surface area contributed by atoms with Crippen LogP contribution in [0.25, 0.3) is 22.5 Å². The van der Waals surface area contributed by atoms with Crippen LogP contribution in [0.3, 0.4) is 0 Å². The Balaban J connectivity index is 1.88. The van der Waals surface area contributed by atoms with Gasteiger partial charge in [0, 0.05) is 11.1 Å². The molecule has 1 fully saturated rings. The van der Waals surface area contributed by atoms with Crippen LogP contribution in [-0.4, -0.2) is 9.78 Å². The highest BCUT2D eigenvalue weighted by Crippen LogP contribution is 2.41. The fourth-order valence-corrected chi connectivity index (χ4v) is 3.83. The first-order chi connectivity index (χ1) is 12.1. The monoisotopic (exact) mass is 358 g/mol. The number of nitrogens with zero attached hydrogens (tertiary/aromatic N) is 2. The predicted molar refractivity (Wildman–Crippen MR) is 95.5 cm³/mol. The van der Waals surface area contributed by atoms with E-state index < -0.39 is 0 Å². The molecular weight excluding hydrogens is 342 g/mol. The molecule has 1 aliphatic rings. The lowest BCUT2D eigenvalue weighted by molar-refractivity contribution is 0.473. The standard InChI is InChI=1S/C20H17ClF2N2/c21-18-19(13-5-9-15(22)10-6-13)24-25(17-3-1-2-4-17)20(18)14-7-11-16(23)12-8-14/h5-12,17H,1-4H2. The fourth-order valence-electron chi connectivity index (χ4n) is 3.49. The maximum atomic E-state index is 13.3. The lowest BCUT2D eigenvalue weighted by atomic mass is 10.1. The highest BCUT2D eigenvalue weighted by atomic mass is 35.5. The first-order valence-corrected chi connectivity index (χ1v) is 8.81. The van der Waals surface area contributed by atoms with E-state index in [0.29, 0.717) is 10.7 Å². The van der Waals surface area contributed by atoms with Crippen LogP contribution >= 0.6 is 11.6 Å². The molecule has 25 heavy (non-hydrogen) atoms. The first kappa shape index (κ1) is 16.3. The van der Waals surface area contributed by atoms with E-state index in [0.717, 1.165) is 42.5 Å². The molecule has 0 bridgehead atoms. The molecule has 0 unspecified atom stereocenters. The van der Waals surface area contributed by atoms with Gasteiger partial charge in [-0.25, -0.2) is 8.78 Å². The zero-order valence-electron chi connectivity index (χ0n) is 13.6. The van der Waals surface area contributed by atoms with Crippen molar-refractivity contribution in [3.8, 4) is 22.5 Å². The molecule has 0 atom stereocenters. The van der Waals surface area contributed by atoms with Crippen molar-refractivity contribution in [3.63, 3.8) is 0 Å². The minimum atomic E-state index is -0.297. The SMILES string of the molecule is Fc1ccc(-c2nn(C3CCCC3)c(-c3ccc(F)cc3)c2Cl)cc1. The zero-order valence-corrected chi connectivity index (χ0v) is 14.3. The van der Waals surface area contributed by atoms with Crippen molar-refractivity contribution >= 4 is 11.6 Å². The topological polar surface area (TPSA) is 17.8 Å². The Hall–Kier alpha value is -2.20. The number of halogens is 3. The predicted octanol–water partition coefficient (Wildman–Crippen LogP) is 6.26. The minimum Gasteiger partial charge on any atom is -0.260 e. The molecule has 1 aliphatic carbocycles. The van der Waals surface area contributed by atoms with Gasteiger partial charge in [-0.1, -0.05) is 24.4 Å². The Morgan fingerprint density at radius 3 is 1.92 bits per heavy atom. The summed E-state index contributed by atoms with van der Waals surface area (Å²) in [5, 5.41) is 5.28. The van der Waals surface area contributed by atoms with E-state index in [2.05, 4.69) is 0 Å². The summed E-state index contributed by atoms with van der Waals surface area (Å²) < 4.78 is 28.5. The van der Waals surface area contributed by atoms with Crippen LogP contribution in [0, 0.1) is 11.6 Å². The number of aromatic nitrogens is 2. The molecule has 5 heteroatoms. The van der Waals surface area contributed by atoms with Gasteiger partial charge in [0.1, 0.15) is 17.3 Å². The molecule has 0 spiro atoms. The lowest BCUT2D eigenvalue weighted by Crippen LogP contribution is -2.08. The summed E-state index contributed by atoms with van der Waals surface area (Å²) in [5.74, 6) is -0.584. The molecule has 1 saturated carbocycles. The molecule has 0 radical (unpaired) electrons. The third kappa shape index (κ3) is 3.07. The van der Waals surface area contributed by atoms with Gasteiger partial charge in [0.25, 0.3) is 0 Å². The molecule has 1 aromatic heterocycles. The molecule has 0 aliphatic heterocycles. The molecule has 0 saturated heterocycles. The molecule has 2 aromatic carbocycles. The average Bonchev–Trinajstić information content (AvgIpc) is 3.25. The van der Waals surface area contributed by atoms with Gasteiger partial charge in [0.2, 0.25) is 0 Å². The van der Waals surface area contributed by atoms with Crippen molar-refractivity contribution in [2.45, 2.75) is 31.7 Å². The maximum Gasteiger partial charge on any atom is 0.123 e. The van der Waals surface area contributed by atoms with E-state index in [-0.39, 0.29) is 17.7 Å². The normalized spacial score (nSPS) is 15.0. The fraction of sp³-hybridized carbons (Fsp3) is 0.250. The summed E-state index contributed by atoms with van der Waals surface area (Å²) in [7, 11) is 0. The molecule has 3 aromatic rings. The lowest BCUT2D eigenvalue weighted by Gasteiger charge is -2.14. The highest BCUT2D eigenvalue weighted by molar-refractivity contribution is 6.35. The summed E-state index contributed by atoms with van der Waals surface area (Å²) in [4.78, 5) is 0. The van der Waals surface area contributed by atoms with Crippen LogP contribution in [0.1, 0.15) is 31.7 Å². The molecule has 2 nitrogen and oxygen atoms in total. The van der Waals surface area contributed by atoms with E-state index >= 15 is 0 Å². The maximum absolute atomic E-state index is 13.3. The van der Waals surface area contributed by atoms with E-state index in [1.807, 2.05) is 4.68 Å². The Morgan fingerprint density at radius 2 is 1.36 bits per heavy atom. The number of benzene rings is 2. The molecule has 4 rings (SSSR count). The molecule has 128 valence electrons. The van der Waals surface area contributed by atoms with Gasteiger partial charge < -0.3 is 0 Å². The third-order valence-electron chi connectivity index (χ3n) is 4.76. The summed E-state index contributed by atoms with van der Waals surface area (Å²) in [6.45, 7) is 0. The van der Waals surface area contributed by atoms with Crippen molar-refractivity contribution in [1.29, 1.82) is 0 Å². The second-order valence-corrected chi connectivity index (χ2v) is 6.79. The smallest absolute Gasteiger partial charge is 0.123 e. The van der Waals surface area contributed by atoms with Crippen LogP contribution in [0.15, 0.2) is 48.5 Å². The van der Waals surface area contributed by atoms with Crippen LogP contribution in [0.4, 0.5) is 8.78 Å². The van der Waals surface area contributed by atoms with Crippen LogP contribution < -0.4 is 0 Å². The quantitative estimate of drug-likeness (QED) is 0.540. The van der Waals surface area contributed by atoms with Crippen LogP contribution in [-0.2, 0) is 0 Å². The van der Waals surface area contributed by atoms with Crippen LogP contribution in [0.2, 0.25) is 5.02 Å². The molecule has 0 N–H and O–H groups in total. The van der Waals surface area contributed by atoms with Crippen molar-refractivity contribution in [3.05, 3.63) is 65.2 Å². The zero-order chi connectivity index (χ0) is 17.4. The Bertz CT molecular complexity index is 879. The van der Waals surface area contributed by atoms with Crippen molar-refractivity contribution in [2.75, 3.05) is 0 Å². The summed E-state index contributed by atoms with van der Waals surface area (Å²) in [5.41, 5.74) is 3.03. The Labute approximate surface area is 150 Å².